The topological polar surface area (TPSA) is 139 Å². The number of Topliss-reactive ketones (excluding diaryl/α,β-unsaturated/α-hetero) is 1. The van der Waals surface area contributed by atoms with Gasteiger partial charge in [-0.1, -0.05) is 13.8 Å². The van der Waals surface area contributed by atoms with Crippen molar-refractivity contribution in [2.45, 2.75) is 38.9 Å². The Labute approximate surface area is 121 Å². The molecule has 0 aromatic rings. The van der Waals surface area contributed by atoms with Crippen molar-refractivity contribution in [2.75, 3.05) is 13.2 Å². The maximum absolute atomic E-state index is 12.5. The van der Waals surface area contributed by atoms with E-state index in [4.69, 9.17) is 14.8 Å². The molecule has 0 radical (unpaired) electrons. The van der Waals surface area contributed by atoms with Gasteiger partial charge in [0.05, 0.1) is 19.6 Å². The van der Waals surface area contributed by atoms with Crippen molar-refractivity contribution < 1.29 is 28.1 Å². The Bertz CT molecular complexity index is 491. The monoisotopic (exact) mass is 322 g/mol. The first-order chi connectivity index (χ1) is 9.48. The molecular weight excluding hydrogens is 303 g/mol. The van der Waals surface area contributed by atoms with E-state index in [0.29, 0.717) is 0 Å². The predicted molar refractivity (Wildman–Crippen MR) is 72.4 cm³/mol. The number of nitro groups is 1. The Balaban J connectivity index is 2.89. The third kappa shape index (κ3) is 4.33. The van der Waals surface area contributed by atoms with Gasteiger partial charge in [-0.3, -0.25) is 24.3 Å². The second-order valence-electron chi connectivity index (χ2n) is 5.84. The van der Waals surface area contributed by atoms with Gasteiger partial charge in [0.2, 0.25) is 11.8 Å². The standard InChI is InChI=1S/C11H19N2O7P/c1-7(8(13(16)17)4-9(14)10(12)15)21(18)19-5-11(2,3)6-20-21/h7-8H,4-6H2,1-3H3,(H2,12,15). The highest BCUT2D eigenvalue weighted by Crippen LogP contribution is 2.58. The van der Waals surface area contributed by atoms with Gasteiger partial charge in [-0.25, -0.2) is 0 Å². The number of carbonyl (C=O) groups is 2. The van der Waals surface area contributed by atoms with Crippen molar-refractivity contribution in [3.8, 4) is 0 Å². The van der Waals surface area contributed by atoms with E-state index in [2.05, 4.69) is 0 Å². The van der Waals surface area contributed by atoms with Crippen LogP contribution in [0.3, 0.4) is 0 Å². The number of rotatable bonds is 6. The number of nitrogens with zero attached hydrogens (tertiary/aromatic N) is 1. The molecule has 0 aliphatic carbocycles. The van der Waals surface area contributed by atoms with E-state index in [1.54, 1.807) is 0 Å². The molecule has 0 aromatic carbocycles. The summed E-state index contributed by atoms with van der Waals surface area (Å²) in [5.74, 6) is -2.36. The Morgan fingerprint density at radius 2 is 1.86 bits per heavy atom. The smallest absolute Gasteiger partial charge is 0.340 e. The van der Waals surface area contributed by atoms with Crippen LogP contribution in [0.5, 0.6) is 0 Å². The summed E-state index contributed by atoms with van der Waals surface area (Å²) >= 11 is 0. The summed E-state index contributed by atoms with van der Waals surface area (Å²) in [5, 5.41) is 11.1. The maximum Gasteiger partial charge on any atom is 0.340 e. The fourth-order valence-electron chi connectivity index (χ4n) is 1.77. The number of hydrogen-bond acceptors (Lipinski definition) is 7. The van der Waals surface area contributed by atoms with Crippen molar-refractivity contribution in [2.24, 2.45) is 11.1 Å². The molecule has 10 heteroatoms. The largest absolute Gasteiger partial charge is 0.363 e. The first-order valence-electron chi connectivity index (χ1n) is 6.33. The van der Waals surface area contributed by atoms with Crippen LogP contribution >= 0.6 is 7.60 Å². The summed E-state index contributed by atoms with van der Waals surface area (Å²) in [6, 6.07) is -1.56. The molecule has 1 heterocycles. The highest BCUT2D eigenvalue weighted by Gasteiger charge is 2.49. The van der Waals surface area contributed by atoms with Gasteiger partial charge >= 0.3 is 7.60 Å². The van der Waals surface area contributed by atoms with Crippen LogP contribution in [-0.2, 0) is 23.2 Å². The van der Waals surface area contributed by atoms with Gasteiger partial charge in [0.15, 0.2) is 0 Å². The Morgan fingerprint density at radius 3 is 2.24 bits per heavy atom. The molecule has 0 bridgehead atoms. The first-order valence-corrected chi connectivity index (χ1v) is 7.94. The van der Waals surface area contributed by atoms with E-state index >= 15 is 0 Å². The lowest BCUT2D eigenvalue weighted by Crippen LogP contribution is -2.40. The average Bonchev–Trinajstić information content (AvgIpc) is 2.38. The van der Waals surface area contributed by atoms with E-state index in [1.165, 1.54) is 6.92 Å². The zero-order chi connectivity index (χ0) is 16.4. The molecule has 2 atom stereocenters. The molecule has 1 aliphatic rings. The van der Waals surface area contributed by atoms with E-state index in [9.17, 15) is 24.3 Å². The molecule has 2 unspecified atom stereocenters. The van der Waals surface area contributed by atoms with Crippen LogP contribution in [0.2, 0.25) is 0 Å². The third-order valence-corrected chi connectivity index (χ3v) is 5.59. The molecule has 1 aliphatic heterocycles. The molecule has 21 heavy (non-hydrogen) atoms. The lowest BCUT2D eigenvalue weighted by molar-refractivity contribution is -0.520. The van der Waals surface area contributed by atoms with Crippen molar-refractivity contribution in [1.29, 1.82) is 0 Å². The highest BCUT2D eigenvalue weighted by atomic mass is 31.2. The highest BCUT2D eigenvalue weighted by molar-refractivity contribution is 7.54. The van der Waals surface area contributed by atoms with Crippen LogP contribution < -0.4 is 5.73 Å². The zero-order valence-corrected chi connectivity index (χ0v) is 13.0. The Hall–Kier alpha value is -1.31. The van der Waals surface area contributed by atoms with Gasteiger partial charge in [-0.2, -0.15) is 0 Å². The van der Waals surface area contributed by atoms with Crippen molar-refractivity contribution in [1.82, 2.24) is 0 Å². The van der Waals surface area contributed by atoms with E-state index in [1.807, 2.05) is 13.8 Å². The average molecular weight is 322 g/mol. The van der Waals surface area contributed by atoms with E-state index < -0.39 is 42.3 Å². The van der Waals surface area contributed by atoms with Crippen molar-refractivity contribution >= 4 is 19.3 Å². The van der Waals surface area contributed by atoms with Crippen LogP contribution in [0.15, 0.2) is 0 Å². The number of amides is 1. The van der Waals surface area contributed by atoms with Gasteiger partial charge in [0, 0.05) is 10.3 Å². The second kappa shape index (κ2) is 6.21. The van der Waals surface area contributed by atoms with Crippen LogP contribution in [0, 0.1) is 15.5 Å². The Morgan fingerprint density at radius 1 is 1.38 bits per heavy atom. The SMILES string of the molecule is CC(C(CC(=O)C(N)=O)[N+](=O)[O-])P1(=O)OCC(C)(C)CO1. The first kappa shape index (κ1) is 17.7. The molecule has 120 valence electrons. The number of ketones is 1. The summed E-state index contributed by atoms with van der Waals surface area (Å²) in [4.78, 5) is 32.4. The van der Waals surface area contributed by atoms with Crippen LogP contribution in [-0.4, -0.2) is 41.5 Å². The van der Waals surface area contributed by atoms with E-state index in [0.717, 1.165) is 0 Å². The summed E-state index contributed by atoms with van der Waals surface area (Å²) in [5.41, 5.74) is 3.28. The van der Waals surface area contributed by atoms with Gasteiger partial charge in [0.1, 0.15) is 5.66 Å². The maximum atomic E-state index is 12.5. The summed E-state index contributed by atoms with van der Waals surface area (Å²) in [7, 11) is -3.73. The normalized spacial score (nSPS) is 23.0. The molecule has 0 spiro atoms. The molecule has 1 amide bonds. The van der Waals surface area contributed by atoms with Crippen LogP contribution in [0.1, 0.15) is 27.2 Å². The third-order valence-electron chi connectivity index (χ3n) is 3.27. The quantitative estimate of drug-likeness (QED) is 0.329. The zero-order valence-electron chi connectivity index (χ0n) is 12.1. The number of hydrogen-bond donors (Lipinski definition) is 1. The second-order valence-corrected chi connectivity index (χ2v) is 8.25. The lowest BCUT2D eigenvalue weighted by atomic mass is 9.97. The summed E-state index contributed by atoms with van der Waals surface area (Å²) in [6.45, 7) is 5.23. The fourth-order valence-corrected chi connectivity index (χ4v) is 4.01. The van der Waals surface area contributed by atoms with Crippen molar-refractivity contribution in [3.63, 3.8) is 0 Å². The number of carbonyl (C=O) groups excluding carboxylic acids is 2. The van der Waals surface area contributed by atoms with Crippen LogP contribution in [0.4, 0.5) is 0 Å². The van der Waals surface area contributed by atoms with Crippen LogP contribution in [0.25, 0.3) is 0 Å². The lowest BCUT2D eigenvalue weighted by Gasteiger charge is -2.36. The molecule has 0 aromatic heterocycles. The minimum Gasteiger partial charge on any atom is -0.363 e. The summed E-state index contributed by atoms with van der Waals surface area (Å²) < 4.78 is 23.0. The molecule has 1 fully saturated rings. The molecule has 1 rings (SSSR count). The summed E-state index contributed by atoms with van der Waals surface area (Å²) in [6.07, 6.45) is -0.733. The van der Waals surface area contributed by atoms with E-state index in [-0.39, 0.29) is 18.6 Å². The van der Waals surface area contributed by atoms with Gasteiger partial charge in [0.25, 0.3) is 5.91 Å². The predicted octanol–water partition coefficient (Wildman–Crippen LogP) is 0.731. The molecule has 1 saturated heterocycles. The molecular formula is C11H19N2O7P. The fraction of sp³-hybridized carbons (Fsp3) is 0.818. The number of primary amides is 1. The van der Waals surface area contributed by atoms with Gasteiger partial charge in [-0.05, 0) is 6.92 Å². The number of nitrogens with two attached hydrogens (primary N) is 1. The van der Waals surface area contributed by atoms with Crippen molar-refractivity contribution in [3.05, 3.63) is 10.1 Å². The van der Waals surface area contributed by atoms with Gasteiger partial charge < -0.3 is 14.8 Å². The molecule has 0 saturated carbocycles. The van der Waals surface area contributed by atoms with Gasteiger partial charge in [-0.15, -0.1) is 0 Å². The minimum absolute atomic E-state index is 0.128. The Kier molecular flexibility index (Phi) is 5.25. The molecule has 2 N–H and O–H groups in total. The molecule has 9 nitrogen and oxygen atoms in total. The minimum atomic E-state index is -3.73.